The lowest BCUT2D eigenvalue weighted by molar-refractivity contribution is 0.0912. The van der Waals surface area contributed by atoms with Gasteiger partial charge in [0.1, 0.15) is 11.0 Å². The third-order valence-corrected chi connectivity index (χ3v) is 3.47. The summed E-state index contributed by atoms with van der Waals surface area (Å²) in [6.45, 7) is 1.99. The first-order valence-electron chi connectivity index (χ1n) is 6.43. The van der Waals surface area contributed by atoms with Crippen molar-refractivity contribution >= 4 is 23.3 Å². The minimum atomic E-state index is -0.0962. The molecule has 1 amide bonds. The van der Waals surface area contributed by atoms with Crippen molar-refractivity contribution in [3.63, 3.8) is 0 Å². The highest BCUT2D eigenvalue weighted by Gasteiger charge is 2.20. The Hall–Kier alpha value is -1.33. The highest BCUT2D eigenvalue weighted by molar-refractivity contribution is 6.29. The van der Waals surface area contributed by atoms with E-state index in [2.05, 4.69) is 27.6 Å². The molecule has 0 aromatic carbocycles. The summed E-state index contributed by atoms with van der Waals surface area (Å²) in [7, 11) is 3.82. The Morgan fingerprint density at radius 1 is 1.53 bits per heavy atom. The third-order valence-electron chi connectivity index (χ3n) is 3.27. The Bertz CT molecular complexity index is 466. The summed E-state index contributed by atoms with van der Waals surface area (Å²) >= 11 is 5.90. The van der Waals surface area contributed by atoms with Crippen molar-refractivity contribution in [2.24, 2.45) is 0 Å². The van der Waals surface area contributed by atoms with Crippen LogP contribution < -0.4 is 10.6 Å². The molecule has 2 rings (SSSR count). The summed E-state index contributed by atoms with van der Waals surface area (Å²) in [5, 5.41) is 6.26. The van der Waals surface area contributed by atoms with Gasteiger partial charge in [0.05, 0.1) is 0 Å². The number of nitrogens with zero attached hydrogens (tertiary/aromatic N) is 2. The number of halogens is 1. The molecule has 0 bridgehead atoms. The van der Waals surface area contributed by atoms with E-state index in [0.717, 1.165) is 25.9 Å². The number of carbonyl (C=O) groups excluding carboxylic acids is 1. The van der Waals surface area contributed by atoms with Gasteiger partial charge in [0.25, 0.3) is 5.91 Å². The van der Waals surface area contributed by atoms with Gasteiger partial charge in [-0.2, -0.15) is 0 Å². The fourth-order valence-electron chi connectivity index (χ4n) is 2.31. The van der Waals surface area contributed by atoms with Gasteiger partial charge in [-0.1, -0.05) is 11.6 Å². The van der Waals surface area contributed by atoms with E-state index in [-0.39, 0.29) is 11.9 Å². The zero-order valence-corrected chi connectivity index (χ0v) is 12.0. The average Bonchev–Trinajstić information content (AvgIpc) is 2.38. The Kier molecular flexibility index (Phi) is 4.61. The van der Waals surface area contributed by atoms with Gasteiger partial charge in [-0.05, 0) is 38.6 Å². The van der Waals surface area contributed by atoms with Crippen molar-refractivity contribution in [1.29, 1.82) is 0 Å². The molecule has 0 radical (unpaired) electrons. The van der Waals surface area contributed by atoms with Gasteiger partial charge >= 0.3 is 0 Å². The van der Waals surface area contributed by atoms with Crippen molar-refractivity contribution in [3.05, 3.63) is 22.8 Å². The molecule has 1 aromatic heterocycles. The van der Waals surface area contributed by atoms with E-state index in [1.165, 1.54) is 0 Å². The van der Waals surface area contributed by atoms with Crippen LogP contribution in [-0.2, 0) is 0 Å². The zero-order valence-electron chi connectivity index (χ0n) is 11.2. The van der Waals surface area contributed by atoms with E-state index < -0.39 is 0 Å². The minimum Gasteiger partial charge on any atom is -0.373 e. The van der Waals surface area contributed by atoms with Crippen LogP contribution in [0.15, 0.2) is 12.1 Å². The first kappa shape index (κ1) is 14.1. The number of rotatable bonds is 3. The average molecular weight is 283 g/mol. The molecule has 5 nitrogen and oxygen atoms in total. The standard InChI is InChI=1S/C13H19ClN4O/c1-15-12-7-9(6-11(14)17-12)13(19)16-10-4-3-5-18(2)8-10/h6-7,10H,3-5,8H2,1-2H3,(H,15,17)(H,16,19). The lowest BCUT2D eigenvalue weighted by Crippen LogP contribution is -2.46. The highest BCUT2D eigenvalue weighted by atomic mass is 35.5. The Morgan fingerprint density at radius 2 is 2.32 bits per heavy atom. The lowest BCUT2D eigenvalue weighted by Gasteiger charge is -2.30. The van der Waals surface area contributed by atoms with Crippen molar-refractivity contribution in [3.8, 4) is 0 Å². The molecule has 1 fully saturated rings. The molecule has 0 aliphatic carbocycles. The van der Waals surface area contributed by atoms with Crippen LogP contribution in [0.3, 0.4) is 0 Å². The SMILES string of the molecule is CNc1cc(C(=O)NC2CCCN(C)C2)cc(Cl)n1. The van der Waals surface area contributed by atoms with Gasteiger partial charge in [0.15, 0.2) is 0 Å². The zero-order chi connectivity index (χ0) is 13.8. The predicted molar refractivity (Wildman–Crippen MR) is 76.8 cm³/mol. The molecule has 1 saturated heterocycles. The van der Waals surface area contributed by atoms with E-state index >= 15 is 0 Å². The summed E-state index contributed by atoms with van der Waals surface area (Å²) in [6, 6.07) is 3.49. The molecule has 104 valence electrons. The molecule has 2 N–H and O–H groups in total. The number of hydrogen-bond donors (Lipinski definition) is 2. The summed E-state index contributed by atoms with van der Waals surface area (Å²) in [4.78, 5) is 18.5. The number of hydrogen-bond acceptors (Lipinski definition) is 4. The first-order chi connectivity index (χ1) is 9.08. The monoisotopic (exact) mass is 282 g/mol. The van der Waals surface area contributed by atoms with E-state index in [1.807, 2.05) is 0 Å². The van der Waals surface area contributed by atoms with Gasteiger partial charge < -0.3 is 15.5 Å². The second-order valence-electron chi connectivity index (χ2n) is 4.89. The Balaban J connectivity index is 2.05. The van der Waals surface area contributed by atoms with Crippen LogP contribution in [0, 0.1) is 0 Å². The van der Waals surface area contributed by atoms with Crippen LogP contribution in [0.4, 0.5) is 5.82 Å². The molecule has 6 heteroatoms. The van der Waals surface area contributed by atoms with Crippen LogP contribution in [0.1, 0.15) is 23.2 Å². The van der Waals surface area contributed by atoms with E-state index in [9.17, 15) is 4.79 Å². The van der Waals surface area contributed by atoms with Gasteiger partial charge in [-0.25, -0.2) is 4.98 Å². The highest BCUT2D eigenvalue weighted by Crippen LogP contribution is 2.15. The molecule has 0 saturated carbocycles. The van der Waals surface area contributed by atoms with Crippen molar-refractivity contribution in [2.45, 2.75) is 18.9 Å². The number of amides is 1. The van der Waals surface area contributed by atoms with Crippen LogP contribution in [0.5, 0.6) is 0 Å². The minimum absolute atomic E-state index is 0.0962. The summed E-state index contributed by atoms with van der Waals surface area (Å²) in [5.41, 5.74) is 0.539. The summed E-state index contributed by atoms with van der Waals surface area (Å²) in [5.74, 6) is 0.500. The fraction of sp³-hybridized carbons (Fsp3) is 0.538. The predicted octanol–water partition coefficient (Wildman–Crippen LogP) is 1.60. The molecule has 1 unspecified atom stereocenters. The van der Waals surface area contributed by atoms with Crippen LogP contribution in [-0.4, -0.2) is 49.0 Å². The quantitative estimate of drug-likeness (QED) is 0.827. The van der Waals surface area contributed by atoms with Gasteiger partial charge in [-0.3, -0.25) is 4.79 Å². The number of pyridine rings is 1. The van der Waals surface area contributed by atoms with Crippen LogP contribution >= 0.6 is 11.6 Å². The number of aromatic nitrogens is 1. The molecule has 2 heterocycles. The normalized spacial score (nSPS) is 20.1. The maximum Gasteiger partial charge on any atom is 0.251 e. The Labute approximate surface area is 118 Å². The summed E-state index contributed by atoms with van der Waals surface area (Å²) < 4.78 is 0. The van der Waals surface area contributed by atoms with Gasteiger partial charge in [0, 0.05) is 25.2 Å². The lowest BCUT2D eigenvalue weighted by atomic mass is 10.1. The largest absolute Gasteiger partial charge is 0.373 e. The molecule has 1 aliphatic heterocycles. The maximum absolute atomic E-state index is 12.2. The van der Waals surface area contributed by atoms with Crippen LogP contribution in [0.25, 0.3) is 0 Å². The first-order valence-corrected chi connectivity index (χ1v) is 6.81. The van der Waals surface area contributed by atoms with E-state index in [4.69, 9.17) is 11.6 Å². The fourth-order valence-corrected chi connectivity index (χ4v) is 2.52. The van der Waals surface area contributed by atoms with Gasteiger partial charge in [0.2, 0.25) is 0 Å². The molecular weight excluding hydrogens is 264 g/mol. The molecule has 19 heavy (non-hydrogen) atoms. The summed E-state index contributed by atoms with van der Waals surface area (Å²) in [6.07, 6.45) is 2.13. The number of piperidine rings is 1. The van der Waals surface area contributed by atoms with Crippen molar-refractivity contribution in [1.82, 2.24) is 15.2 Å². The van der Waals surface area contributed by atoms with Crippen molar-refractivity contribution < 1.29 is 4.79 Å². The second-order valence-corrected chi connectivity index (χ2v) is 5.28. The Morgan fingerprint density at radius 3 is 3.00 bits per heavy atom. The molecular formula is C13H19ClN4O. The number of nitrogens with one attached hydrogen (secondary N) is 2. The molecule has 1 aromatic rings. The molecule has 0 spiro atoms. The van der Waals surface area contributed by atoms with Crippen molar-refractivity contribution in [2.75, 3.05) is 32.5 Å². The molecule has 1 atom stereocenters. The topological polar surface area (TPSA) is 57.3 Å². The number of carbonyl (C=O) groups is 1. The van der Waals surface area contributed by atoms with E-state index in [0.29, 0.717) is 16.5 Å². The molecule has 1 aliphatic rings. The van der Waals surface area contributed by atoms with Crippen LogP contribution in [0.2, 0.25) is 5.15 Å². The smallest absolute Gasteiger partial charge is 0.251 e. The number of likely N-dealkylation sites (tertiary alicyclic amines) is 1. The van der Waals surface area contributed by atoms with E-state index in [1.54, 1.807) is 19.2 Å². The maximum atomic E-state index is 12.2. The second kappa shape index (κ2) is 6.21. The van der Waals surface area contributed by atoms with Gasteiger partial charge in [-0.15, -0.1) is 0 Å². The number of likely N-dealkylation sites (N-methyl/N-ethyl adjacent to an activating group) is 1. The number of anilines is 1. The third kappa shape index (κ3) is 3.81.